The lowest BCUT2D eigenvalue weighted by atomic mass is 9.98. The molecule has 1 atom stereocenters. The summed E-state index contributed by atoms with van der Waals surface area (Å²) in [6, 6.07) is 8.66. The molecule has 31 heavy (non-hydrogen) atoms. The smallest absolute Gasteiger partial charge is 0.417 e. The third-order valence-electron chi connectivity index (χ3n) is 5.87. The monoisotopic (exact) mass is 433 g/mol. The molecule has 9 heteroatoms. The molecule has 0 spiro atoms. The van der Waals surface area contributed by atoms with E-state index < -0.39 is 29.2 Å². The maximum Gasteiger partial charge on any atom is 0.417 e. The number of amides is 1. The van der Waals surface area contributed by atoms with Crippen molar-refractivity contribution in [3.8, 4) is 0 Å². The van der Waals surface area contributed by atoms with Gasteiger partial charge in [-0.3, -0.25) is 9.78 Å². The lowest BCUT2D eigenvalue weighted by molar-refractivity contribution is -0.146. The van der Waals surface area contributed by atoms with Crippen LogP contribution in [0.5, 0.6) is 0 Å². The van der Waals surface area contributed by atoms with E-state index in [2.05, 4.69) is 10.3 Å². The van der Waals surface area contributed by atoms with Gasteiger partial charge in [0.25, 0.3) is 0 Å². The van der Waals surface area contributed by atoms with Gasteiger partial charge in [0.05, 0.1) is 30.4 Å². The highest BCUT2D eigenvalue weighted by Gasteiger charge is 2.46. The summed E-state index contributed by atoms with van der Waals surface area (Å²) in [4.78, 5) is 29.7. The molecule has 2 aromatic rings. The largest absolute Gasteiger partial charge is 0.479 e. The molecule has 164 valence electrons. The first-order valence-electron chi connectivity index (χ1n) is 10.1. The number of hydrogen-bond acceptors (Lipinski definition) is 4. The summed E-state index contributed by atoms with van der Waals surface area (Å²) in [6.45, 7) is 0.0450. The van der Waals surface area contributed by atoms with Crippen LogP contribution in [0.1, 0.15) is 41.9 Å². The molecule has 4 rings (SSSR count). The van der Waals surface area contributed by atoms with E-state index in [1.807, 2.05) is 24.3 Å². The third kappa shape index (κ3) is 4.65. The molecule has 1 amide bonds. The number of carbonyl (C=O) groups excluding carboxylic acids is 1. The molecular formula is C22H22F3N3O3. The van der Waals surface area contributed by atoms with Gasteiger partial charge in [-0.15, -0.1) is 0 Å². The minimum Gasteiger partial charge on any atom is -0.479 e. The average molecular weight is 433 g/mol. The van der Waals surface area contributed by atoms with Crippen LogP contribution in [0.2, 0.25) is 0 Å². The Balaban J connectivity index is 1.44. The van der Waals surface area contributed by atoms with Gasteiger partial charge in [-0.2, -0.15) is 13.2 Å². The van der Waals surface area contributed by atoms with E-state index in [1.165, 1.54) is 29.5 Å². The normalized spacial score (nSPS) is 21.2. The standard InChI is InChI=1S/C22H22F3N3O3/c23-22(24,25)17-10-18(12-26-11-17)28-8-7-21(13-28,20(30)31)27-19(29)9-14-1-3-15(4-2-14)16-5-6-16/h1-4,10-12,16H,5-9,13H2,(H,27,29)(H,30,31). The topological polar surface area (TPSA) is 82.5 Å². The SMILES string of the molecule is O=C(Cc1ccc(C2CC2)cc1)NC1(C(=O)O)CCN(c2cncc(C(F)(F)F)c2)C1. The van der Waals surface area contributed by atoms with E-state index in [1.54, 1.807) is 0 Å². The zero-order chi connectivity index (χ0) is 22.2. The number of nitrogens with zero attached hydrogens (tertiary/aromatic N) is 2. The second-order valence-electron chi connectivity index (χ2n) is 8.23. The summed E-state index contributed by atoms with van der Waals surface area (Å²) >= 11 is 0. The molecule has 1 saturated carbocycles. The summed E-state index contributed by atoms with van der Waals surface area (Å²) in [5, 5.41) is 12.4. The number of carbonyl (C=O) groups is 2. The van der Waals surface area contributed by atoms with Gasteiger partial charge in [0.1, 0.15) is 0 Å². The number of alkyl halides is 3. The maximum absolute atomic E-state index is 13.0. The molecule has 1 aromatic carbocycles. The molecule has 0 bridgehead atoms. The summed E-state index contributed by atoms with van der Waals surface area (Å²) in [5.41, 5.74) is -0.287. The average Bonchev–Trinajstić information content (AvgIpc) is 3.48. The molecule has 2 aliphatic rings. The van der Waals surface area contributed by atoms with E-state index in [9.17, 15) is 27.9 Å². The fourth-order valence-electron chi connectivity index (χ4n) is 3.94. The van der Waals surface area contributed by atoms with Crippen LogP contribution in [0.3, 0.4) is 0 Å². The van der Waals surface area contributed by atoms with Crippen molar-refractivity contribution in [3.63, 3.8) is 0 Å². The highest BCUT2D eigenvalue weighted by atomic mass is 19.4. The first kappa shape index (κ1) is 21.1. The van der Waals surface area contributed by atoms with Crippen LogP contribution < -0.4 is 10.2 Å². The Morgan fingerprint density at radius 3 is 2.52 bits per heavy atom. The second-order valence-corrected chi connectivity index (χ2v) is 8.23. The zero-order valence-corrected chi connectivity index (χ0v) is 16.7. The molecule has 1 aliphatic carbocycles. The Kier molecular flexibility index (Phi) is 5.36. The molecule has 1 saturated heterocycles. The second kappa shape index (κ2) is 7.86. The van der Waals surface area contributed by atoms with Crippen molar-refractivity contribution in [1.29, 1.82) is 0 Å². The number of pyridine rings is 1. The number of hydrogen-bond donors (Lipinski definition) is 2. The van der Waals surface area contributed by atoms with Crippen LogP contribution in [-0.4, -0.2) is 40.6 Å². The summed E-state index contributed by atoms with van der Waals surface area (Å²) in [7, 11) is 0. The Hall–Kier alpha value is -3.10. The van der Waals surface area contributed by atoms with Crippen molar-refractivity contribution < 1.29 is 27.9 Å². The van der Waals surface area contributed by atoms with Gasteiger partial charge >= 0.3 is 12.1 Å². The van der Waals surface area contributed by atoms with Crippen LogP contribution in [0, 0.1) is 0 Å². The number of anilines is 1. The van der Waals surface area contributed by atoms with Gasteiger partial charge < -0.3 is 15.3 Å². The lowest BCUT2D eigenvalue weighted by Gasteiger charge is -2.27. The Morgan fingerprint density at radius 1 is 1.19 bits per heavy atom. The van der Waals surface area contributed by atoms with Gasteiger partial charge in [-0.1, -0.05) is 24.3 Å². The number of carboxylic acids is 1. The minimum absolute atomic E-state index is 0.0328. The highest BCUT2D eigenvalue weighted by Crippen LogP contribution is 2.40. The van der Waals surface area contributed by atoms with Crippen molar-refractivity contribution in [1.82, 2.24) is 10.3 Å². The number of aliphatic carboxylic acids is 1. The molecule has 1 unspecified atom stereocenters. The van der Waals surface area contributed by atoms with Gasteiger partial charge in [-0.05, 0) is 36.0 Å². The molecule has 1 aliphatic heterocycles. The summed E-state index contributed by atoms with van der Waals surface area (Å²) in [5.74, 6) is -1.05. The number of halogens is 3. The van der Waals surface area contributed by atoms with E-state index in [-0.39, 0.29) is 31.6 Å². The van der Waals surface area contributed by atoms with Gasteiger partial charge in [-0.25, -0.2) is 4.79 Å². The summed E-state index contributed by atoms with van der Waals surface area (Å²) < 4.78 is 38.9. The van der Waals surface area contributed by atoms with Crippen molar-refractivity contribution >= 4 is 17.6 Å². The molecule has 2 heterocycles. The maximum atomic E-state index is 13.0. The molecule has 2 fully saturated rings. The predicted octanol–water partition coefficient (Wildman–Crippen LogP) is 3.37. The number of benzene rings is 1. The van der Waals surface area contributed by atoms with Crippen molar-refractivity contribution in [2.24, 2.45) is 0 Å². The van der Waals surface area contributed by atoms with Crippen LogP contribution in [0.25, 0.3) is 0 Å². The van der Waals surface area contributed by atoms with Gasteiger partial charge in [0, 0.05) is 19.2 Å². The van der Waals surface area contributed by atoms with E-state index in [0.717, 1.165) is 17.8 Å². The molecule has 1 aromatic heterocycles. The van der Waals surface area contributed by atoms with Gasteiger partial charge in [0.15, 0.2) is 5.54 Å². The van der Waals surface area contributed by atoms with Crippen molar-refractivity contribution in [2.45, 2.75) is 43.3 Å². The first-order valence-corrected chi connectivity index (χ1v) is 10.1. The van der Waals surface area contributed by atoms with Crippen LogP contribution in [-0.2, 0) is 22.2 Å². The molecular weight excluding hydrogens is 411 g/mol. The van der Waals surface area contributed by atoms with E-state index >= 15 is 0 Å². The van der Waals surface area contributed by atoms with Crippen LogP contribution >= 0.6 is 0 Å². The lowest BCUT2D eigenvalue weighted by Crippen LogP contribution is -2.56. The fourth-order valence-corrected chi connectivity index (χ4v) is 3.94. The highest BCUT2D eigenvalue weighted by molar-refractivity contribution is 5.89. The predicted molar refractivity (Wildman–Crippen MR) is 107 cm³/mol. The van der Waals surface area contributed by atoms with Crippen molar-refractivity contribution in [3.05, 3.63) is 59.4 Å². The number of rotatable bonds is 6. The third-order valence-corrected chi connectivity index (χ3v) is 5.87. The van der Waals surface area contributed by atoms with Crippen molar-refractivity contribution in [2.75, 3.05) is 18.0 Å². The Labute approximate surface area is 177 Å². The van der Waals surface area contributed by atoms with Crippen LogP contribution in [0.4, 0.5) is 18.9 Å². The number of carboxylic acid groups (broad SMARTS) is 1. The van der Waals surface area contributed by atoms with E-state index in [0.29, 0.717) is 5.92 Å². The Bertz CT molecular complexity index is 989. The zero-order valence-electron chi connectivity index (χ0n) is 16.7. The number of nitrogens with one attached hydrogen (secondary N) is 1. The molecule has 6 nitrogen and oxygen atoms in total. The molecule has 0 radical (unpaired) electrons. The van der Waals surface area contributed by atoms with E-state index in [4.69, 9.17) is 0 Å². The number of aromatic nitrogens is 1. The summed E-state index contributed by atoms with van der Waals surface area (Å²) in [6.07, 6.45) is -0.0969. The van der Waals surface area contributed by atoms with Gasteiger partial charge in [0.2, 0.25) is 5.91 Å². The minimum atomic E-state index is -4.55. The fraction of sp³-hybridized carbons (Fsp3) is 0.409. The quantitative estimate of drug-likeness (QED) is 0.730. The Morgan fingerprint density at radius 2 is 1.90 bits per heavy atom. The first-order chi connectivity index (χ1) is 14.7. The molecule has 2 N–H and O–H groups in total. The van der Waals surface area contributed by atoms with Crippen LogP contribution in [0.15, 0.2) is 42.7 Å².